The molecule has 3 unspecified atom stereocenters. The number of ether oxygens (including phenoxy) is 1. The molecular formula is C52H36N2O. The van der Waals surface area contributed by atoms with Crippen LogP contribution in [0.15, 0.2) is 194 Å². The van der Waals surface area contributed by atoms with E-state index in [4.69, 9.17) is 14.7 Å². The first-order valence-electron chi connectivity index (χ1n) is 19.0. The fraction of sp³-hybridized carbons (Fsp3) is 0.0769. The van der Waals surface area contributed by atoms with Gasteiger partial charge in [-0.1, -0.05) is 183 Å². The predicted molar refractivity (Wildman–Crippen MR) is 223 cm³/mol. The summed E-state index contributed by atoms with van der Waals surface area (Å²) < 4.78 is 6.94. The van der Waals surface area contributed by atoms with Crippen LogP contribution in [0.3, 0.4) is 0 Å². The van der Waals surface area contributed by atoms with Crippen molar-refractivity contribution in [2.75, 3.05) is 0 Å². The van der Waals surface area contributed by atoms with Gasteiger partial charge in [-0.25, -0.2) is 9.97 Å². The van der Waals surface area contributed by atoms with Crippen molar-refractivity contribution >= 4 is 10.8 Å². The minimum absolute atomic E-state index is 0.134. The first kappa shape index (κ1) is 31.7. The molecule has 7 aromatic carbocycles. The number of aromatic nitrogens is 2. The van der Waals surface area contributed by atoms with Crippen molar-refractivity contribution in [2.45, 2.75) is 17.8 Å². The fourth-order valence-corrected chi connectivity index (χ4v) is 9.70. The van der Waals surface area contributed by atoms with Gasteiger partial charge in [-0.2, -0.15) is 0 Å². The van der Waals surface area contributed by atoms with Gasteiger partial charge in [0.1, 0.15) is 11.5 Å². The molecule has 1 spiro atoms. The zero-order valence-electron chi connectivity index (χ0n) is 30.4. The van der Waals surface area contributed by atoms with Crippen molar-refractivity contribution in [3.05, 3.63) is 216 Å². The van der Waals surface area contributed by atoms with Gasteiger partial charge in [0, 0.05) is 39.2 Å². The number of nitrogens with zero attached hydrogens (tertiary/aromatic N) is 2. The van der Waals surface area contributed by atoms with E-state index in [2.05, 4.69) is 177 Å². The quantitative estimate of drug-likeness (QED) is 0.183. The van der Waals surface area contributed by atoms with E-state index in [1.807, 2.05) is 24.3 Å². The fourth-order valence-electron chi connectivity index (χ4n) is 9.70. The Morgan fingerprint density at radius 3 is 1.93 bits per heavy atom. The van der Waals surface area contributed by atoms with Gasteiger partial charge >= 0.3 is 0 Å². The molecule has 11 rings (SSSR count). The second-order valence-electron chi connectivity index (χ2n) is 15.1. The predicted octanol–water partition coefficient (Wildman–Crippen LogP) is 12.8. The Hall–Kier alpha value is -6.84. The highest BCUT2D eigenvalue weighted by Gasteiger charge is 2.61. The zero-order chi connectivity index (χ0) is 36.6. The Morgan fingerprint density at radius 2 is 1.11 bits per heavy atom. The van der Waals surface area contributed by atoms with E-state index < -0.39 is 5.41 Å². The van der Waals surface area contributed by atoms with Gasteiger partial charge < -0.3 is 4.74 Å². The molecule has 55 heavy (non-hydrogen) atoms. The average Bonchev–Trinajstić information content (AvgIpc) is 3.49. The molecular weight excluding hydrogens is 669 g/mol. The number of hydrogen-bond donors (Lipinski definition) is 0. The lowest BCUT2D eigenvalue weighted by molar-refractivity contribution is 0.330. The van der Waals surface area contributed by atoms with Crippen LogP contribution in [0.1, 0.15) is 29.2 Å². The van der Waals surface area contributed by atoms with E-state index in [9.17, 15) is 0 Å². The molecule has 260 valence electrons. The molecule has 0 radical (unpaired) electrons. The standard InChI is InChI=1S/C52H36N2O/c1-51-31-13-12-22-48(51)52(43-30-27-36-16-8-9-19-40(36)49(43)51)41-20-10-11-21-46(41)55-47-32-39(28-29-42(47)52)45-33-44(53-50(54-45)38-17-6-3-7-18-38)37-25-23-35(24-26-37)34-14-4-2-5-15-34/h2-33,48H,1H3. The van der Waals surface area contributed by atoms with Crippen LogP contribution in [0.4, 0.5) is 0 Å². The largest absolute Gasteiger partial charge is 0.457 e. The van der Waals surface area contributed by atoms with Crippen molar-refractivity contribution in [3.8, 4) is 56.5 Å². The number of para-hydroxylation sites is 1. The van der Waals surface area contributed by atoms with Gasteiger partial charge in [0.2, 0.25) is 0 Å². The maximum Gasteiger partial charge on any atom is 0.160 e. The van der Waals surface area contributed by atoms with Gasteiger partial charge in [0.25, 0.3) is 0 Å². The highest BCUT2D eigenvalue weighted by molar-refractivity contribution is 5.92. The smallest absolute Gasteiger partial charge is 0.160 e. The second-order valence-corrected chi connectivity index (χ2v) is 15.1. The Kier molecular flexibility index (Phi) is 6.96. The molecule has 3 nitrogen and oxygen atoms in total. The van der Waals surface area contributed by atoms with Crippen LogP contribution < -0.4 is 4.74 Å². The molecule has 3 atom stereocenters. The first-order chi connectivity index (χ1) is 27.1. The van der Waals surface area contributed by atoms with Gasteiger partial charge in [-0.05, 0) is 51.2 Å². The summed E-state index contributed by atoms with van der Waals surface area (Å²) >= 11 is 0. The highest BCUT2D eigenvalue weighted by Crippen LogP contribution is 2.67. The number of allylic oxidation sites excluding steroid dienone is 4. The summed E-state index contributed by atoms with van der Waals surface area (Å²) in [5.74, 6) is 2.57. The van der Waals surface area contributed by atoms with Crippen molar-refractivity contribution in [3.63, 3.8) is 0 Å². The number of fused-ring (bicyclic) bond motifs is 11. The van der Waals surface area contributed by atoms with Crippen LogP contribution in [0, 0.1) is 5.92 Å². The summed E-state index contributed by atoms with van der Waals surface area (Å²) in [5.41, 5.74) is 11.5. The molecule has 0 saturated heterocycles. The summed E-state index contributed by atoms with van der Waals surface area (Å²) in [7, 11) is 0. The molecule has 0 fully saturated rings. The SMILES string of the molecule is CC12C=CC=CC1C1(c3ccccc3Oc3cc(-c4cc(-c5ccc(-c6ccccc6)cc5)nc(-c5ccccc5)n4)ccc31)c1ccc3ccccc3c12. The first-order valence-corrected chi connectivity index (χ1v) is 19.0. The summed E-state index contributed by atoms with van der Waals surface area (Å²) in [6.45, 7) is 2.42. The van der Waals surface area contributed by atoms with Crippen LogP contribution in [0.25, 0.3) is 55.8 Å². The lowest BCUT2D eigenvalue weighted by Gasteiger charge is -2.45. The third-order valence-electron chi connectivity index (χ3n) is 12.1. The third kappa shape index (κ3) is 4.69. The maximum absolute atomic E-state index is 6.94. The van der Waals surface area contributed by atoms with E-state index in [1.165, 1.54) is 44.2 Å². The van der Waals surface area contributed by atoms with Gasteiger partial charge in [-0.3, -0.25) is 0 Å². The molecule has 2 heterocycles. The summed E-state index contributed by atoms with van der Waals surface area (Å²) in [5, 5.41) is 2.57. The lowest BCUT2D eigenvalue weighted by Crippen LogP contribution is -2.41. The Bertz CT molecular complexity index is 2860. The topological polar surface area (TPSA) is 35.0 Å². The van der Waals surface area contributed by atoms with Crippen LogP contribution >= 0.6 is 0 Å². The number of rotatable bonds is 4. The minimum Gasteiger partial charge on any atom is -0.457 e. The molecule has 1 aliphatic heterocycles. The van der Waals surface area contributed by atoms with E-state index in [0.717, 1.165) is 39.6 Å². The molecule has 0 bridgehead atoms. The second kappa shape index (κ2) is 12.1. The van der Waals surface area contributed by atoms with E-state index in [0.29, 0.717) is 5.82 Å². The van der Waals surface area contributed by atoms with Crippen molar-refractivity contribution in [2.24, 2.45) is 5.92 Å². The van der Waals surface area contributed by atoms with E-state index >= 15 is 0 Å². The van der Waals surface area contributed by atoms with E-state index in [1.54, 1.807) is 0 Å². The van der Waals surface area contributed by atoms with Crippen molar-refractivity contribution in [1.29, 1.82) is 0 Å². The molecule has 8 aromatic rings. The van der Waals surface area contributed by atoms with Crippen LogP contribution in [0.5, 0.6) is 11.5 Å². The van der Waals surface area contributed by atoms with E-state index in [-0.39, 0.29) is 11.3 Å². The van der Waals surface area contributed by atoms with Crippen LogP contribution in [0.2, 0.25) is 0 Å². The van der Waals surface area contributed by atoms with Gasteiger partial charge in [-0.15, -0.1) is 0 Å². The van der Waals surface area contributed by atoms with Gasteiger partial charge in [0.15, 0.2) is 5.82 Å². The Labute approximate surface area is 321 Å². The normalized spacial score (nSPS) is 20.1. The van der Waals surface area contributed by atoms with Crippen LogP contribution in [-0.4, -0.2) is 9.97 Å². The van der Waals surface area contributed by atoms with Crippen LogP contribution in [-0.2, 0) is 10.8 Å². The van der Waals surface area contributed by atoms with Gasteiger partial charge in [0.05, 0.1) is 16.8 Å². The molecule has 1 aromatic heterocycles. The van der Waals surface area contributed by atoms with Crippen molar-refractivity contribution in [1.82, 2.24) is 9.97 Å². The Balaban J connectivity index is 1.11. The molecule has 0 amide bonds. The molecule has 3 aliphatic rings. The number of benzene rings is 7. The Morgan fingerprint density at radius 1 is 0.491 bits per heavy atom. The highest BCUT2D eigenvalue weighted by atomic mass is 16.5. The molecule has 3 heteroatoms. The van der Waals surface area contributed by atoms with Crippen molar-refractivity contribution < 1.29 is 4.74 Å². The number of hydrogen-bond acceptors (Lipinski definition) is 3. The summed E-state index contributed by atoms with van der Waals surface area (Å²) in [6, 6.07) is 60.4. The molecule has 0 N–H and O–H groups in total. The lowest BCUT2D eigenvalue weighted by atomic mass is 9.59. The summed E-state index contributed by atoms with van der Waals surface area (Å²) in [4.78, 5) is 10.3. The average molecular weight is 705 g/mol. The summed E-state index contributed by atoms with van der Waals surface area (Å²) in [6.07, 6.45) is 9.31. The zero-order valence-corrected chi connectivity index (χ0v) is 30.4. The maximum atomic E-state index is 6.94. The molecule has 2 aliphatic carbocycles. The third-order valence-corrected chi connectivity index (χ3v) is 12.1. The molecule has 0 saturated carbocycles. The monoisotopic (exact) mass is 704 g/mol. The minimum atomic E-state index is -0.468.